The minimum atomic E-state index is -0.257. The minimum Gasteiger partial charge on any atom is -0.468 e. The van der Waals surface area contributed by atoms with Gasteiger partial charge in [-0.1, -0.05) is 19.1 Å². The fraction of sp³-hybridized carbons (Fsp3) is 0.333. The molecule has 1 rings (SSSR count). The van der Waals surface area contributed by atoms with Crippen molar-refractivity contribution in [1.82, 2.24) is 0 Å². The van der Waals surface area contributed by atoms with Gasteiger partial charge in [0.25, 0.3) is 0 Å². The van der Waals surface area contributed by atoms with Crippen molar-refractivity contribution in [2.24, 2.45) is 0 Å². The van der Waals surface area contributed by atoms with Gasteiger partial charge in [0.15, 0.2) is 6.79 Å². The second-order valence-electron chi connectivity index (χ2n) is 2.27. The van der Waals surface area contributed by atoms with Crippen LogP contribution >= 0.6 is 0 Å². The number of hydrogen-bond donors (Lipinski definition) is 1. The number of rotatable bonds is 3. The van der Waals surface area contributed by atoms with Crippen molar-refractivity contribution in [1.29, 1.82) is 0 Å². The Morgan fingerprint density at radius 3 is 2.91 bits per heavy atom. The lowest BCUT2D eigenvalue weighted by Crippen LogP contribution is -1.94. The SMILES string of the molecule is CCc1cccc(OCO)c1. The Morgan fingerprint density at radius 1 is 1.45 bits per heavy atom. The monoisotopic (exact) mass is 152 g/mol. The van der Waals surface area contributed by atoms with E-state index in [0.29, 0.717) is 0 Å². The molecule has 1 aromatic rings. The summed E-state index contributed by atoms with van der Waals surface area (Å²) in [7, 11) is 0. The Hall–Kier alpha value is -1.02. The van der Waals surface area contributed by atoms with Crippen LogP contribution in [0.2, 0.25) is 0 Å². The Labute approximate surface area is 66.4 Å². The van der Waals surface area contributed by atoms with Crippen LogP contribution in [0.3, 0.4) is 0 Å². The van der Waals surface area contributed by atoms with Crippen molar-refractivity contribution in [2.75, 3.05) is 6.79 Å². The first-order valence-corrected chi connectivity index (χ1v) is 3.69. The predicted octanol–water partition coefficient (Wildman–Crippen LogP) is 1.58. The first kappa shape index (κ1) is 8.08. The van der Waals surface area contributed by atoms with E-state index >= 15 is 0 Å². The van der Waals surface area contributed by atoms with Crippen LogP contribution in [0.15, 0.2) is 24.3 Å². The first-order chi connectivity index (χ1) is 5.36. The number of aryl methyl sites for hydroxylation is 1. The maximum atomic E-state index is 8.46. The topological polar surface area (TPSA) is 29.5 Å². The lowest BCUT2D eigenvalue weighted by atomic mass is 10.2. The molecule has 1 N–H and O–H groups in total. The molecule has 0 saturated carbocycles. The molecular weight excluding hydrogens is 140 g/mol. The zero-order valence-corrected chi connectivity index (χ0v) is 6.58. The van der Waals surface area contributed by atoms with Crippen molar-refractivity contribution in [3.8, 4) is 5.75 Å². The zero-order valence-electron chi connectivity index (χ0n) is 6.58. The van der Waals surface area contributed by atoms with Gasteiger partial charge in [-0.3, -0.25) is 0 Å². The quantitative estimate of drug-likeness (QED) is 0.666. The summed E-state index contributed by atoms with van der Waals surface area (Å²) in [5.41, 5.74) is 1.22. The van der Waals surface area contributed by atoms with E-state index in [4.69, 9.17) is 9.84 Å². The molecule has 0 fully saturated rings. The Morgan fingerprint density at radius 2 is 2.27 bits per heavy atom. The highest BCUT2D eigenvalue weighted by Crippen LogP contribution is 2.12. The molecule has 0 saturated heterocycles. The molecule has 0 aliphatic heterocycles. The molecule has 2 nitrogen and oxygen atoms in total. The second-order valence-corrected chi connectivity index (χ2v) is 2.27. The summed E-state index contributed by atoms with van der Waals surface area (Å²) in [6.45, 7) is 1.82. The first-order valence-electron chi connectivity index (χ1n) is 3.69. The van der Waals surface area contributed by atoms with Crippen molar-refractivity contribution in [3.05, 3.63) is 29.8 Å². The van der Waals surface area contributed by atoms with Crippen molar-refractivity contribution >= 4 is 0 Å². The van der Waals surface area contributed by atoms with E-state index in [1.54, 1.807) is 0 Å². The predicted molar refractivity (Wildman–Crippen MR) is 43.5 cm³/mol. The smallest absolute Gasteiger partial charge is 0.186 e. The number of aliphatic hydroxyl groups is 1. The molecule has 0 aliphatic carbocycles. The third kappa shape index (κ3) is 2.24. The van der Waals surface area contributed by atoms with Crippen LogP contribution in [0.5, 0.6) is 5.75 Å². The number of aliphatic hydroxyl groups excluding tert-OH is 1. The summed E-state index contributed by atoms with van der Waals surface area (Å²) in [5.74, 6) is 0.729. The lowest BCUT2D eigenvalue weighted by molar-refractivity contribution is 0.0985. The van der Waals surface area contributed by atoms with E-state index in [0.717, 1.165) is 12.2 Å². The molecule has 0 atom stereocenters. The van der Waals surface area contributed by atoms with Gasteiger partial charge < -0.3 is 9.84 Å². The maximum Gasteiger partial charge on any atom is 0.186 e. The average molecular weight is 152 g/mol. The highest BCUT2D eigenvalue weighted by atomic mass is 16.6. The molecular formula is C9H12O2. The Balaban J connectivity index is 2.74. The van der Waals surface area contributed by atoms with Crippen molar-refractivity contribution in [3.63, 3.8) is 0 Å². The van der Waals surface area contributed by atoms with E-state index in [2.05, 4.69) is 6.92 Å². The van der Waals surface area contributed by atoms with E-state index < -0.39 is 0 Å². The van der Waals surface area contributed by atoms with E-state index in [9.17, 15) is 0 Å². The van der Waals surface area contributed by atoms with Crippen LogP contribution in [0, 0.1) is 0 Å². The molecule has 0 aromatic heterocycles. The van der Waals surface area contributed by atoms with Gasteiger partial charge in [0, 0.05) is 0 Å². The molecule has 11 heavy (non-hydrogen) atoms. The Bertz CT molecular complexity index is 221. The summed E-state index contributed by atoms with van der Waals surface area (Å²) in [5, 5.41) is 8.46. The zero-order chi connectivity index (χ0) is 8.10. The van der Waals surface area contributed by atoms with Gasteiger partial charge in [0.2, 0.25) is 0 Å². The van der Waals surface area contributed by atoms with E-state index in [-0.39, 0.29) is 6.79 Å². The molecule has 1 aromatic carbocycles. The van der Waals surface area contributed by atoms with Crippen molar-refractivity contribution < 1.29 is 9.84 Å². The van der Waals surface area contributed by atoms with Crippen LogP contribution in [0.4, 0.5) is 0 Å². The highest BCUT2D eigenvalue weighted by Gasteiger charge is 1.92. The molecule has 60 valence electrons. The normalized spacial score (nSPS) is 9.64. The molecule has 2 heteroatoms. The van der Waals surface area contributed by atoms with Gasteiger partial charge in [-0.05, 0) is 24.1 Å². The minimum absolute atomic E-state index is 0.257. The van der Waals surface area contributed by atoms with Gasteiger partial charge in [0.1, 0.15) is 5.75 Å². The third-order valence-corrected chi connectivity index (χ3v) is 1.54. The number of benzene rings is 1. The second kappa shape index (κ2) is 3.98. The Kier molecular flexibility index (Phi) is 2.93. The molecule has 0 spiro atoms. The fourth-order valence-electron chi connectivity index (χ4n) is 0.930. The van der Waals surface area contributed by atoms with Crippen LogP contribution < -0.4 is 4.74 Å². The number of ether oxygens (including phenoxy) is 1. The molecule has 0 amide bonds. The van der Waals surface area contributed by atoms with Gasteiger partial charge in [-0.25, -0.2) is 0 Å². The molecule has 0 unspecified atom stereocenters. The van der Waals surface area contributed by atoms with Crippen LogP contribution in [-0.2, 0) is 6.42 Å². The summed E-state index contributed by atoms with van der Waals surface area (Å²) in [4.78, 5) is 0. The summed E-state index contributed by atoms with van der Waals surface area (Å²) in [6.07, 6.45) is 0.989. The van der Waals surface area contributed by atoms with E-state index in [1.807, 2.05) is 24.3 Å². The lowest BCUT2D eigenvalue weighted by Gasteiger charge is -2.02. The third-order valence-electron chi connectivity index (χ3n) is 1.54. The molecule has 0 heterocycles. The summed E-state index contributed by atoms with van der Waals surface area (Å²) >= 11 is 0. The van der Waals surface area contributed by atoms with Gasteiger partial charge in [-0.2, -0.15) is 0 Å². The average Bonchev–Trinajstić information content (AvgIpc) is 2.06. The largest absolute Gasteiger partial charge is 0.468 e. The van der Waals surface area contributed by atoms with Crippen LogP contribution in [0.25, 0.3) is 0 Å². The van der Waals surface area contributed by atoms with Gasteiger partial charge in [0.05, 0.1) is 0 Å². The van der Waals surface area contributed by atoms with Crippen LogP contribution in [-0.4, -0.2) is 11.9 Å². The molecule has 0 radical (unpaired) electrons. The van der Waals surface area contributed by atoms with Gasteiger partial charge >= 0.3 is 0 Å². The number of hydrogen-bond acceptors (Lipinski definition) is 2. The molecule has 0 bridgehead atoms. The maximum absolute atomic E-state index is 8.46. The summed E-state index contributed by atoms with van der Waals surface area (Å²) < 4.78 is 4.90. The van der Waals surface area contributed by atoms with Crippen LogP contribution in [0.1, 0.15) is 12.5 Å². The summed E-state index contributed by atoms with van der Waals surface area (Å²) in [6, 6.07) is 7.71. The highest BCUT2D eigenvalue weighted by molar-refractivity contribution is 5.28. The standard InChI is InChI=1S/C9H12O2/c1-2-8-4-3-5-9(6-8)11-7-10/h3-6,10H,2,7H2,1H3. The van der Waals surface area contributed by atoms with Gasteiger partial charge in [-0.15, -0.1) is 0 Å². The van der Waals surface area contributed by atoms with Crippen molar-refractivity contribution in [2.45, 2.75) is 13.3 Å². The molecule has 0 aliphatic rings. The fourth-order valence-corrected chi connectivity index (χ4v) is 0.930. The van der Waals surface area contributed by atoms with E-state index in [1.165, 1.54) is 5.56 Å².